The van der Waals surface area contributed by atoms with Crippen LogP contribution in [0.15, 0.2) is 109 Å². The first kappa shape index (κ1) is 21.1. The maximum absolute atomic E-state index is 5.23. The van der Waals surface area contributed by atoms with Crippen molar-refractivity contribution in [1.82, 2.24) is 14.5 Å². The molecule has 0 fully saturated rings. The molecule has 0 atom stereocenters. The minimum absolute atomic E-state index is 0.949. The van der Waals surface area contributed by atoms with Crippen LogP contribution in [0, 0.1) is 0 Å². The Labute approximate surface area is 204 Å². The molecule has 0 spiro atoms. The molecule has 0 bridgehead atoms. The van der Waals surface area contributed by atoms with E-state index in [1.807, 2.05) is 42.6 Å². The van der Waals surface area contributed by atoms with Crippen LogP contribution in [0.1, 0.15) is 13.3 Å². The summed E-state index contributed by atoms with van der Waals surface area (Å²) in [6.45, 7) is 3.17. The molecule has 0 radical (unpaired) electrons. The third-order valence-electron chi connectivity index (χ3n) is 6.35. The number of para-hydroxylation sites is 1. The van der Waals surface area contributed by atoms with Gasteiger partial charge in [0.1, 0.15) is 0 Å². The monoisotopic (exact) mass is 454 g/mol. The van der Waals surface area contributed by atoms with Gasteiger partial charge in [-0.05, 0) is 61.0 Å². The van der Waals surface area contributed by atoms with Crippen molar-refractivity contribution in [3.05, 3.63) is 109 Å². The smallest absolute Gasteiger partial charge is 0.0988 e. The van der Waals surface area contributed by atoms with Gasteiger partial charge in [-0.15, -0.1) is 0 Å². The van der Waals surface area contributed by atoms with Crippen molar-refractivity contribution >= 4 is 33.3 Å². The van der Waals surface area contributed by atoms with Crippen molar-refractivity contribution in [3.8, 4) is 22.5 Å². The maximum Gasteiger partial charge on any atom is 0.0988 e. The average Bonchev–Trinajstić information content (AvgIpc) is 3.24. The standard InChI is InChI=1S/C31H26N4/c1-2-20-35-28-16-9-15-27(33-24-12-4-3-5-13-24)30(28)31-29(35)18-17-26(34-31)23-11-8-10-22(21-23)25-14-6-7-19-32-25/h3-19,21,33H,2,20H2,1H3. The van der Waals surface area contributed by atoms with E-state index in [1.54, 1.807) is 0 Å². The number of hydrogen-bond donors (Lipinski definition) is 1. The second kappa shape index (κ2) is 9.07. The first-order valence-electron chi connectivity index (χ1n) is 12.1. The number of aromatic nitrogens is 3. The Kier molecular flexibility index (Phi) is 5.47. The van der Waals surface area contributed by atoms with Gasteiger partial charge in [0, 0.05) is 34.9 Å². The summed E-state index contributed by atoms with van der Waals surface area (Å²) in [6.07, 6.45) is 2.89. The van der Waals surface area contributed by atoms with Crippen LogP contribution in [0.3, 0.4) is 0 Å². The average molecular weight is 455 g/mol. The number of hydrogen-bond acceptors (Lipinski definition) is 3. The first-order valence-corrected chi connectivity index (χ1v) is 12.1. The Hall–Kier alpha value is -4.44. The van der Waals surface area contributed by atoms with Crippen LogP contribution in [0.2, 0.25) is 0 Å². The summed E-state index contributed by atoms with van der Waals surface area (Å²) in [5.74, 6) is 0. The lowest BCUT2D eigenvalue weighted by atomic mass is 10.0. The summed E-state index contributed by atoms with van der Waals surface area (Å²) in [5.41, 5.74) is 9.61. The highest BCUT2D eigenvalue weighted by molar-refractivity contribution is 6.13. The Morgan fingerprint density at radius 2 is 1.51 bits per heavy atom. The fourth-order valence-corrected chi connectivity index (χ4v) is 4.78. The number of aryl methyl sites for hydroxylation is 1. The summed E-state index contributed by atoms with van der Waals surface area (Å²) in [4.78, 5) is 9.75. The van der Waals surface area contributed by atoms with Crippen molar-refractivity contribution in [2.24, 2.45) is 0 Å². The SMILES string of the molecule is CCCn1c2ccc(-c3cccc(-c4ccccn4)c3)nc2c2c(Nc3ccccc3)cccc21. The van der Waals surface area contributed by atoms with Gasteiger partial charge in [0.25, 0.3) is 0 Å². The number of pyridine rings is 2. The minimum Gasteiger partial charge on any atom is -0.355 e. The molecule has 6 rings (SSSR count). The molecule has 0 aliphatic heterocycles. The van der Waals surface area contributed by atoms with Crippen molar-refractivity contribution in [3.63, 3.8) is 0 Å². The van der Waals surface area contributed by atoms with Crippen molar-refractivity contribution in [2.75, 3.05) is 5.32 Å². The molecule has 0 saturated heterocycles. The zero-order chi connectivity index (χ0) is 23.6. The van der Waals surface area contributed by atoms with Gasteiger partial charge in [-0.1, -0.05) is 55.5 Å². The molecule has 6 aromatic rings. The summed E-state index contributed by atoms with van der Waals surface area (Å²) in [5, 5.41) is 4.78. The molecule has 0 saturated carbocycles. The fourth-order valence-electron chi connectivity index (χ4n) is 4.78. The van der Waals surface area contributed by atoms with E-state index < -0.39 is 0 Å². The zero-order valence-corrected chi connectivity index (χ0v) is 19.6. The van der Waals surface area contributed by atoms with E-state index in [0.29, 0.717) is 0 Å². The van der Waals surface area contributed by atoms with E-state index in [2.05, 4.69) is 88.5 Å². The lowest BCUT2D eigenvalue weighted by Crippen LogP contribution is -1.96. The molecule has 4 nitrogen and oxygen atoms in total. The summed E-state index contributed by atoms with van der Waals surface area (Å²) in [7, 11) is 0. The molecule has 0 amide bonds. The highest BCUT2D eigenvalue weighted by Gasteiger charge is 2.16. The van der Waals surface area contributed by atoms with Crippen LogP contribution in [-0.4, -0.2) is 14.5 Å². The van der Waals surface area contributed by atoms with Crippen LogP contribution in [0.25, 0.3) is 44.5 Å². The summed E-state index contributed by atoms with van der Waals surface area (Å²) < 4.78 is 2.39. The lowest BCUT2D eigenvalue weighted by Gasteiger charge is -2.09. The molecule has 3 aromatic heterocycles. The van der Waals surface area contributed by atoms with Crippen molar-refractivity contribution < 1.29 is 0 Å². The van der Waals surface area contributed by atoms with Gasteiger partial charge in [0.15, 0.2) is 0 Å². The molecule has 0 unspecified atom stereocenters. The number of nitrogens with one attached hydrogen (secondary N) is 1. The molecule has 0 aliphatic rings. The molecule has 4 heteroatoms. The number of benzene rings is 3. The second-order valence-corrected chi connectivity index (χ2v) is 8.70. The van der Waals surface area contributed by atoms with Gasteiger partial charge >= 0.3 is 0 Å². The van der Waals surface area contributed by atoms with Crippen LogP contribution in [0.5, 0.6) is 0 Å². The zero-order valence-electron chi connectivity index (χ0n) is 19.6. The molecule has 35 heavy (non-hydrogen) atoms. The van der Waals surface area contributed by atoms with E-state index in [1.165, 1.54) is 5.52 Å². The molecule has 3 heterocycles. The number of fused-ring (bicyclic) bond motifs is 3. The number of rotatable bonds is 6. The predicted molar refractivity (Wildman–Crippen MR) is 146 cm³/mol. The Bertz CT molecular complexity index is 1620. The van der Waals surface area contributed by atoms with E-state index in [4.69, 9.17) is 4.98 Å². The van der Waals surface area contributed by atoms with Crippen molar-refractivity contribution in [1.29, 1.82) is 0 Å². The Morgan fingerprint density at radius 1 is 0.714 bits per heavy atom. The van der Waals surface area contributed by atoms with E-state index in [9.17, 15) is 0 Å². The molecular weight excluding hydrogens is 428 g/mol. The largest absolute Gasteiger partial charge is 0.355 e. The molecular formula is C31H26N4. The predicted octanol–water partition coefficient (Wildman–Crippen LogP) is 8.07. The third-order valence-corrected chi connectivity index (χ3v) is 6.35. The highest BCUT2D eigenvalue weighted by atomic mass is 15.0. The third kappa shape index (κ3) is 3.93. The van der Waals surface area contributed by atoms with Gasteiger partial charge in [0.2, 0.25) is 0 Å². The maximum atomic E-state index is 5.23. The quantitative estimate of drug-likeness (QED) is 0.277. The Morgan fingerprint density at radius 3 is 2.31 bits per heavy atom. The van der Waals surface area contributed by atoms with Crippen molar-refractivity contribution in [2.45, 2.75) is 19.9 Å². The van der Waals surface area contributed by atoms with Crippen LogP contribution < -0.4 is 5.32 Å². The molecule has 1 N–H and O–H groups in total. The molecule has 3 aromatic carbocycles. The number of anilines is 2. The molecule has 0 aliphatic carbocycles. The van der Waals surface area contributed by atoms with E-state index in [-0.39, 0.29) is 0 Å². The first-order chi connectivity index (χ1) is 17.3. The van der Waals surface area contributed by atoms with Crippen LogP contribution in [-0.2, 0) is 6.54 Å². The fraction of sp³-hybridized carbons (Fsp3) is 0.0968. The van der Waals surface area contributed by atoms with Crippen LogP contribution >= 0.6 is 0 Å². The van der Waals surface area contributed by atoms with Gasteiger partial charge in [-0.3, -0.25) is 4.98 Å². The van der Waals surface area contributed by atoms with Gasteiger partial charge in [0.05, 0.1) is 33.6 Å². The lowest BCUT2D eigenvalue weighted by molar-refractivity contribution is 0.723. The number of nitrogens with zero attached hydrogens (tertiary/aromatic N) is 3. The van der Waals surface area contributed by atoms with Crippen LogP contribution in [0.4, 0.5) is 11.4 Å². The van der Waals surface area contributed by atoms with E-state index >= 15 is 0 Å². The van der Waals surface area contributed by atoms with E-state index in [0.717, 1.165) is 63.3 Å². The summed E-state index contributed by atoms with van der Waals surface area (Å²) >= 11 is 0. The van der Waals surface area contributed by atoms with Gasteiger partial charge in [-0.25, -0.2) is 4.98 Å². The highest BCUT2D eigenvalue weighted by Crippen LogP contribution is 2.36. The second-order valence-electron chi connectivity index (χ2n) is 8.70. The molecule has 170 valence electrons. The minimum atomic E-state index is 0.949. The topological polar surface area (TPSA) is 42.7 Å². The summed E-state index contributed by atoms with van der Waals surface area (Å²) in [6, 6.07) is 35.6. The Balaban J connectivity index is 1.53. The van der Waals surface area contributed by atoms with Gasteiger partial charge in [-0.2, -0.15) is 0 Å². The van der Waals surface area contributed by atoms with Gasteiger partial charge < -0.3 is 9.88 Å². The normalized spacial score (nSPS) is 11.2.